The monoisotopic (exact) mass is 274 g/mol. The van der Waals surface area contributed by atoms with Gasteiger partial charge in [-0.05, 0) is 65.0 Å². The van der Waals surface area contributed by atoms with Crippen molar-refractivity contribution in [3.05, 3.63) is 28.8 Å². The van der Waals surface area contributed by atoms with Gasteiger partial charge in [0.2, 0.25) is 0 Å². The zero-order chi connectivity index (χ0) is 14.3. The fraction of sp³-hybridized carbons (Fsp3) is 0.647. The molecular formula is C17H26N2O. The second-order valence-corrected chi connectivity index (χ2v) is 6.64. The van der Waals surface area contributed by atoms with Crippen LogP contribution < -0.4 is 10.1 Å². The highest BCUT2D eigenvalue weighted by Crippen LogP contribution is 2.47. The van der Waals surface area contributed by atoms with Crippen molar-refractivity contribution in [1.82, 2.24) is 10.2 Å². The summed E-state index contributed by atoms with van der Waals surface area (Å²) in [5.74, 6) is 1.15. The molecule has 0 aliphatic carbocycles. The van der Waals surface area contributed by atoms with E-state index in [9.17, 15) is 0 Å². The summed E-state index contributed by atoms with van der Waals surface area (Å²) >= 11 is 0. The van der Waals surface area contributed by atoms with Crippen molar-refractivity contribution in [2.75, 3.05) is 27.2 Å². The summed E-state index contributed by atoms with van der Waals surface area (Å²) in [6.45, 7) is 6.51. The summed E-state index contributed by atoms with van der Waals surface area (Å²) in [6, 6.07) is 4.96. The van der Waals surface area contributed by atoms with Crippen LogP contribution in [0.25, 0.3) is 0 Å². The fourth-order valence-corrected chi connectivity index (χ4v) is 3.58. The van der Waals surface area contributed by atoms with E-state index in [2.05, 4.69) is 50.3 Å². The first-order valence-corrected chi connectivity index (χ1v) is 7.69. The number of nitrogens with zero attached hydrogens (tertiary/aromatic N) is 1. The lowest BCUT2D eigenvalue weighted by atomic mass is 9.80. The number of aryl methyl sites for hydroxylation is 1. The van der Waals surface area contributed by atoms with Gasteiger partial charge in [-0.2, -0.15) is 0 Å². The van der Waals surface area contributed by atoms with Gasteiger partial charge in [0, 0.05) is 18.0 Å². The molecule has 0 saturated carbocycles. The predicted molar refractivity (Wildman–Crippen MR) is 82.4 cm³/mol. The molecule has 0 amide bonds. The van der Waals surface area contributed by atoms with Crippen LogP contribution in [0.1, 0.15) is 42.0 Å². The van der Waals surface area contributed by atoms with Gasteiger partial charge in [0.05, 0.1) is 0 Å². The van der Waals surface area contributed by atoms with E-state index < -0.39 is 0 Å². The SMILES string of the molecule is Cc1ccc2c(c1C)OC1(CCNCC1)CC2N(C)C. The van der Waals surface area contributed by atoms with Crippen LogP contribution in [0.15, 0.2) is 12.1 Å². The third kappa shape index (κ3) is 2.23. The number of ether oxygens (including phenoxy) is 1. The summed E-state index contributed by atoms with van der Waals surface area (Å²) < 4.78 is 6.59. The molecule has 20 heavy (non-hydrogen) atoms. The molecule has 3 heteroatoms. The minimum atomic E-state index is 0.0335. The van der Waals surface area contributed by atoms with Gasteiger partial charge in [0.25, 0.3) is 0 Å². The average Bonchev–Trinajstić information content (AvgIpc) is 2.43. The van der Waals surface area contributed by atoms with E-state index in [4.69, 9.17) is 4.74 Å². The largest absolute Gasteiger partial charge is 0.486 e. The standard InChI is InChI=1S/C17H26N2O/c1-12-5-6-14-15(19(3)4)11-17(7-9-18-10-8-17)20-16(14)13(12)2/h5-6,15,18H,7-11H2,1-4H3. The van der Waals surface area contributed by atoms with Gasteiger partial charge < -0.3 is 15.0 Å². The molecule has 1 saturated heterocycles. The molecule has 0 aromatic heterocycles. The minimum Gasteiger partial charge on any atom is -0.486 e. The van der Waals surface area contributed by atoms with Gasteiger partial charge in [-0.15, -0.1) is 0 Å². The van der Waals surface area contributed by atoms with Gasteiger partial charge >= 0.3 is 0 Å². The van der Waals surface area contributed by atoms with E-state index >= 15 is 0 Å². The molecule has 1 fully saturated rings. The van der Waals surface area contributed by atoms with Crippen molar-refractivity contribution in [2.45, 2.75) is 44.8 Å². The zero-order valence-electron chi connectivity index (χ0n) is 13.1. The minimum absolute atomic E-state index is 0.0335. The molecular weight excluding hydrogens is 248 g/mol. The van der Waals surface area contributed by atoms with Crippen molar-refractivity contribution in [3.63, 3.8) is 0 Å². The first kappa shape index (κ1) is 13.9. The molecule has 1 aromatic carbocycles. The van der Waals surface area contributed by atoms with E-state index in [0.29, 0.717) is 6.04 Å². The Labute approximate surface area is 122 Å². The van der Waals surface area contributed by atoms with Gasteiger partial charge in [-0.3, -0.25) is 0 Å². The lowest BCUT2D eigenvalue weighted by Gasteiger charge is -2.47. The van der Waals surface area contributed by atoms with Crippen LogP contribution in [-0.4, -0.2) is 37.7 Å². The zero-order valence-corrected chi connectivity index (χ0v) is 13.1. The maximum atomic E-state index is 6.59. The van der Waals surface area contributed by atoms with E-state index in [-0.39, 0.29) is 5.60 Å². The Morgan fingerprint density at radius 1 is 1.20 bits per heavy atom. The van der Waals surface area contributed by atoms with Crippen molar-refractivity contribution >= 4 is 0 Å². The normalized spacial score (nSPS) is 24.6. The average molecular weight is 274 g/mol. The second-order valence-electron chi connectivity index (χ2n) is 6.64. The molecule has 1 aromatic rings. The number of rotatable bonds is 1. The molecule has 2 aliphatic rings. The number of hydrogen-bond acceptors (Lipinski definition) is 3. The molecule has 1 atom stereocenters. The summed E-state index contributed by atoms with van der Waals surface area (Å²) in [6.07, 6.45) is 3.34. The Morgan fingerprint density at radius 2 is 1.90 bits per heavy atom. The maximum absolute atomic E-state index is 6.59. The second kappa shape index (κ2) is 5.05. The quantitative estimate of drug-likeness (QED) is 0.852. The van der Waals surface area contributed by atoms with E-state index in [1.54, 1.807) is 0 Å². The van der Waals surface area contributed by atoms with E-state index in [1.807, 2.05) is 0 Å². The lowest BCUT2D eigenvalue weighted by Crippen LogP contribution is -2.50. The van der Waals surface area contributed by atoms with Crippen molar-refractivity contribution in [1.29, 1.82) is 0 Å². The number of piperidine rings is 1. The first-order chi connectivity index (χ1) is 9.52. The molecule has 2 heterocycles. The smallest absolute Gasteiger partial charge is 0.128 e. The van der Waals surface area contributed by atoms with E-state index in [1.165, 1.54) is 16.7 Å². The topological polar surface area (TPSA) is 24.5 Å². The van der Waals surface area contributed by atoms with Gasteiger partial charge in [-0.25, -0.2) is 0 Å². The highest BCUT2D eigenvalue weighted by atomic mass is 16.5. The Morgan fingerprint density at radius 3 is 2.55 bits per heavy atom. The third-order valence-corrected chi connectivity index (χ3v) is 5.09. The number of fused-ring (bicyclic) bond motifs is 1. The van der Waals surface area contributed by atoms with Gasteiger partial charge in [-0.1, -0.05) is 12.1 Å². The van der Waals surface area contributed by atoms with Gasteiger partial charge in [0.15, 0.2) is 0 Å². The lowest BCUT2D eigenvalue weighted by molar-refractivity contribution is -0.0124. The number of hydrogen-bond donors (Lipinski definition) is 1. The van der Waals surface area contributed by atoms with Crippen LogP contribution in [0.2, 0.25) is 0 Å². The fourth-order valence-electron chi connectivity index (χ4n) is 3.58. The highest BCUT2D eigenvalue weighted by Gasteiger charge is 2.43. The Balaban J connectivity index is 2.06. The van der Waals surface area contributed by atoms with Crippen LogP contribution >= 0.6 is 0 Å². The molecule has 1 spiro atoms. The van der Waals surface area contributed by atoms with Crippen LogP contribution in [0, 0.1) is 13.8 Å². The van der Waals surface area contributed by atoms with Crippen molar-refractivity contribution < 1.29 is 4.74 Å². The van der Waals surface area contributed by atoms with Crippen molar-refractivity contribution in [2.24, 2.45) is 0 Å². The summed E-state index contributed by atoms with van der Waals surface area (Å²) in [5.41, 5.74) is 4.03. The molecule has 3 rings (SSSR count). The van der Waals surface area contributed by atoms with Crippen LogP contribution in [0.3, 0.4) is 0 Å². The highest BCUT2D eigenvalue weighted by molar-refractivity contribution is 5.48. The predicted octanol–water partition coefficient (Wildman–Crippen LogP) is 2.81. The van der Waals surface area contributed by atoms with Gasteiger partial charge in [0.1, 0.15) is 11.4 Å². The molecule has 3 nitrogen and oxygen atoms in total. The molecule has 1 unspecified atom stereocenters. The van der Waals surface area contributed by atoms with E-state index in [0.717, 1.165) is 38.1 Å². The summed E-state index contributed by atoms with van der Waals surface area (Å²) in [7, 11) is 4.37. The molecule has 2 aliphatic heterocycles. The molecule has 1 N–H and O–H groups in total. The Kier molecular flexibility index (Phi) is 3.51. The first-order valence-electron chi connectivity index (χ1n) is 7.69. The maximum Gasteiger partial charge on any atom is 0.128 e. The van der Waals surface area contributed by atoms with Crippen molar-refractivity contribution in [3.8, 4) is 5.75 Å². The van der Waals surface area contributed by atoms with Crippen LogP contribution in [0.5, 0.6) is 5.75 Å². The number of nitrogens with one attached hydrogen (secondary N) is 1. The number of benzene rings is 1. The molecule has 0 bridgehead atoms. The Bertz CT molecular complexity index is 504. The molecule has 0 radical (unpaired) electrons. The van der Waals surface area contributed by atoms with Crippen LogP contribution in [0.4, 0.5) is 0 Å². The third-order valence-electron chi connectivity index (χ3n) is 5.09. The van der Waals surface area contributed by atoms with Crippen LogP contribution in [-0.2, 0) is 0 Å². The Hall–Kier alpha value is -1.06. The summed E-state index contributed by atoms with van der Waals surface area (Å²) in [5, 5.41) is 3.46. The molecule has 110 valence electrons. The summed E-state index contributed by atoms with van der Waals surface area (Å²) in [4.78, 5) is 2.35.